The molecule has 2 aromatic heterocycles. The summed E-state index contributed by atoms with van der Waals surface area (Å²) in [7, 11) is 0. The second-order valence-electron chi connectivity index (χ2n) is 6.85. The molecule has 1 amide bonds. The molecule has 4 N–H and O–H groups in total. The predicted molar refractivity (Wildman–Crippen MR) is 123 cm³/mol. The number of carbonyl (C=O) groups is 1. The number of aromatic nitrogens is 2. The first-order valence-electron chi connectivity index (χ1n) is 9.21. The number of phenolic OH excluding ortho intramolecular Hbond substituents is 1. The molecule has 0 fully saturated rings. The van der Waals surface area contributed by atoms with Crippen LogP contribution in [0.15, 0.2) is 66.0 Å². The number of hydrazone groups is 1. The predicted octanol–water partition coefficient (Wildman–Crippen LogP) is 4.44. The molecular weight excluding hydrogens is 437 g/mol. The van der Waals surface area contributed by atoms with Crippen molar-refractivity contribution >= 4 is 51.9 Å². The minimum atomic E-state index is -0.426. The summed E-state index contributed by atoms with van der Waals surface area (Å²) in [5.74, 6) is -0.499. The lowest BCUT2D eigenvalue weighted by Gasteiger charge is -2.07. The number of rotatable bonds is 5. The molecule has 0 saturated carbocycles. The summed E-state index contributed by atoms with van der Waals surface area (Å²) < 4.78 is 2.08. The Balaban J connectivity index is 1.46. The van der Waals surface area contributed by atoms with Crippen LogP contribution in [0.2, 0.25) is 10.2 Å². The van der Waals surface area contributed by atoms with Crippen molar-refractivity contribution in [2.45, 2.75) is 6.54 Å². The van der Waals surface area contributed by atoms with E-state index in [1.165, 1.54) is 18.2 Å². The highest BCUT2D eigenvalue weighted by atomic mass is 35.5. The first-order valence-corrected chi connectivity index (χ1v) is 9.97. The van der Waals surface area contributed by atoms with Crippen molar-refractivity contribution in [2.24, 2.45) is 5.10 Å². The lowest BCUT2D eigenvalue weighted by Crippen LogP contribution is -2.17. The zero-order valence-corrected chi connectivity index (χ0v) is 17.6. The zero-order valence-electron chi connectivity index (χ0n) is 16.1. The van der Waals surface area contributed by atoms with Gasteiger partial charge in [0.15, 0.2) is 0 Å². The molecule has 9 heteroatoms. The molecule has 4 rings (SSSR count). The van der Waals surface area contributed by atoms with Crippen molar-refractivity contribution < 1.29 is 9.90 Å². The van der Waals surface area contributed by atoms with Gasteiger partial charge in [-0.05, 0) is 53.6 Å². The molecule has 7 nitrogen and oxygen atoms in total. The highest BCUT2D eigenvalue weighted by molar-refractivity contribution is 6.41. The van der Waals surface area contributed by atoms with Crippen LogP contribution in [0.3, 0.4) is 0 Å². The van der Waals surface area contributed by atoms with Gasteiger partial charge in [-0.1, -0.05) is 29.3 Å². The fourth-order valence-electron chi connectivity index (χ4n) is 3.11. The minimum absolute atomic E-state index is 0.0734. The largest absolute Gasteiger partial charge is 0.506 e. The van der Waals surface area contributed by atoms with E-state index in [0.717, 1.165) is 22.0 Å². The Hall–Kier alpha value is -3.55. The Labute approximate surface area is 187 Å². The first kappa shape index (κ1) is 20.7. The summed E-state index contributed by atoms with van der Waals surface area (Å²) in [6.45, 7) is 0.604. The maximum absolute atomic E-state index is 12.1. The molecule has 156 valence electrons. The number of nitrogens with one attached hydrogen (secondary N) is 1. The number of anilines is 1. The molecule has 0 aliphatic rings. The van der Waals surface area contributed by atoms with Crippen molar-refractivity contribution in [2.75, 3.05) is 5.73 Å². The third-order valence-electron chi connectivity index (χ3n) is 4.67. The van der Waals surface area contributed by atoms with E-state index in [0.29, 0.717) is 17.1 Å². The van der Waals surface area contributed by atoms with Gasteiger partial charge in [0.1, 0.15) is 10.9 Å². The number of aromatic hydroxyl groups is 1. The van der Waals surface area contributed by atoms with Crippen molar-refractivity contribution in [3.05, 3.63) is 87.8 Å². The van der Waals surface area contributed by atoms with Crippen molar-refractivity contribution in [3.63, 3.8) is 0 Å². The van der Waals surface area contributed by atoms with Gasteiger partial charge < -0.3 is 15.4 Å². The van der Waals surface area contributed by atoms with Gasteiger partial charge in [0.05, 0.1) is 16.9 Å². The van der Waals surface area contributed by atoms with Crippen molar-refractivity contribution in [3.8, 4) is 5.75 Å². The minimum Gasteiger partial charge on any atom is -0.506 e. The molecule has 0 bridgehead atoms. The second-order valence-corrected chi connectivity index (χ2v) is 7.62. The van der Waals surface area contributed by atoms with E-state index < -0.39 is 5.91 Å². The van der Waals surface area contributed by atoms with E-state index in [9.17, 15) is 9.90 Å². The van der Waals surface area contributed by atoms with E-state index in [-0.39, 0.29) is 16.6 Å². The summed E-state index contributed by atoms with van der Waals surface area (Å²) in [6.07, 6.45) is 5.23. The van der Waals surface area contributed by atoms with Gasteiger partial charge in [0, 0.05) is 35.4 Å². The topological polar surface area (TPSA) is 106 Å². The third-order valence-corrected chi connectivity index (χ3v) is 5.36. The van der Waals surface area contributed by atoms with Gasteiger partial charge in [0.2, 0.25) is 0 Å². The standard InChI is InChI=1S/C22H17Cl2N5O2/c23-17-8-14(10-26-21(17)24)12-29-6-5-15-7-13(1-3-19(15)29)11-27-28-22(31)16-2-4-20(30)18(25)9-16/h1-11,30H,12,25H2,(H,28,31)/b27-11+. The highest BCUT2D eigenvalue weighted by Crippen LogP contribution is 2.23. The average molecular weight is 454 g/mol. The van der Waals surface area contributed by atoms with Crippen molar-refractivity contribution in [1.29, 1.82) is 0 Å². The number of amides is 1. The lowest BCUT2D eigenvalue weighted by molar-refractivity contribution is 0.0955. The quantitative estimate of drug-likeness (QED) is 0.136. The fourth-order valence-corrected chi connectivity index (χ4v) is 3.40. The smallest absolute Gasteiger partial charge is 0.271 e. The molecular formula is C22H17Cl2N5O2. The van der Waals surface area contributed by atoms with Crippen LogP contribution in [0.1, 0.15) is 21.5 Å². The van der Waals surface area contributed by atoms with Gasteiger partial charge >= 0.3 is 0 Å². The Morgan fingerprint density at radius 1 is 1.19 bits per heavy atom. The Morgan fingerprint density at radius 2 is 2.03 bits per heavy atom. The van der Waals surface area contributed by atoms with Crippen LogP contribution in [-0.4, -0.2) is 26.8 Å². The van der Waals surface area contributed by atoms with Crippen LogP contribution >= 0.6 is 23.2 Å². The number of nitrogens with zero attached hydrogens (tertiary/aromatic N) is 3. The van der Waals surface area contributed by atoms with Crippen LogP contribution in [-0.2, 0) is 6.54 Å². The summed E-state index contributed by atoms with van der Waals surface area (Å²) >= 11 is 11.9. The summed E-state index contributed by atoms with van der Waals surface area (Å²) in [5, 5.41) is 15.2. The molecule has 0 saturated heterocycles. The maximum Gasteiger partial charge on any atom is 0.271 e. The van der Waals surface area contributed by atoms with Gasteiger partial charge in [-0.25, -0.2) is 10.4 Å². The van der Waals surface area contributed by atoms with Gasteiger partial charge in [-0.3, -0.25) is 4.79 Å². The summed E-state index contributed by atoms with van der Waals surface area (Å²) in [5.41, 5.74) is 11.3. The molecule has 31 heavy (non-hydrogen) atoms. The number of nitrogens with two attached hydrogens (primary N) is 1. The van der Waals surface area contributed by atoms with Crippen molar-refractivity contribution in [1.82, 2.24) is 15.0 Å². The average Bonchev–Trinajstić information content (AvgIpc) is 3.14. The van der Waals surface area contributed by atoms with E-state index in [1.54, 1.807) is 18.5 Å². The van der Waals surface area contributed by atoms with Crippen LogP contribution in [0.25, 0.3) is 10.9 Å². The number of pyridine rings is 1. The van der Waals surface area contributed by atoms with Gasteiger partial charge in [0.25, 0.3) is 5.91 Å². The number of halogens is 2. The Kier molecular flexibility index (Phi) is 5.79. The van der Waals surface area contributed by atoms with Gasteiger partial charge in [-0.2, -0.15) is 5.10 Å². The van der Waals surface area contributed by atoms with E-state index in [2.05, 4.69) is 20.1 Å². The molecule has 2 aromatic carbocycles. The van der Waals surface area contributed by atoms with Crippen LogP contribution < -0.4 is 11.2 Å². The Bertz CT molecular complexity index is 1320. The second kappa shape index (κ2) is 8.67. The molecule has 0 spiro atoms. The molecule has 0 aliphatic heterocycles. The Morgan fingerprint density at radius 3 is 2.81 bits per heavy atom. The molecule has 2 heterocycles. The molecule has 0 aliphatic carbocycles. The monoisotopic (exact) mass is 453 g/mol. The lowest BCUT2D eigenvalue weighted by atomic mass is 10.1. The highest BCUT2D eigenvalue weighted by Gasteiger charge is 2.08. The molecule has 0 radical (unpaired) electrons. The summed E-state index contributed by atoms with van der Waals surface area (Å²) in [6, 6.07) is 13.9. The van der Waals surface area contributed by atoms with E-state index in [1.807, 2.05) is 30.5 Å². The van der Waals surface area contributed by atoms with Gasteiger partial charge in [-0.15, -0.1) is 0 Å². The molecule has 0 atom stereocenters. The van der Waals surface area contributed by atoms with E-state index >= 15 is 0 Å². The van der Waals surface area contributed by atoms with Crippen LogP contribution in [0.5, 0.6) is 5.75 Å². The SMILES string of the molecule is Nc1cc(C(=O)N/N=C/c2ccc3c(ccn3Cc3cnc(Cl)c(Cl)c3)c2)ccc1O. The number of hydrogen-bond acceptors (Lipinski definition) is 5. The van der Waals surface area contributed by atoms with E-state index in [4.69, 9.17) is 28.9 Å². The zero-order chi connectivity index (χ0) is 22.0. The normalized spacial score (nSPS) is 11.3. The fraction of sp³-hybridized carbons (Fsp3) is 0.0455. The molecule has 4 aromatic rings. The maximum atomic E-state index is 12.1. The molecule has 0 unspecified atom stereocenters. The number of fused-ring (bicyclic) bond motifs is 1. The number of benzene rings is 2. The van der Waals surface area contributed by atoms with Crippen LogP contribution in [0.4, 0.5) is 5.69 Å². The number of nitrogen functional groups attached to an aromatic ring is 1. The summed E-state index contributed by atoms with van der Waals surface area (Å²) in [4.78, 5) is 16.2. The third kappa shape index (κ3) is 4.63. The number of phenols is 1. The number of hydrogen-bond donors (Lipinski definition) is 3. The number of carbonyl (C=O) groups excluding carboxylic acids is 1. The van der Waals surface area contributed by atoms with Crippen LogP contribution in [0, 0.1) is 0 Å². The first-order chi connectivity index (χ1) is 14.9.